The third-order valence-electron chi connectivity index (χ3n) is 3.86. The number of alkyl halides is 2. The Kier molecular flexibility index (Phi) is 3.85. The fraction of sp³-hybridized carbons (Fsp3) is 0.118. The number of ether oxygens (including phenoxy) is 1. The Morgan fingerprint density at radius 2 is 1.80 bits per heavy atom. The number of hydrogen-bond donors (Lipinski definition) is 1. The van der Waals surface area contributed by atoms with Gasteiger partial charge in [0.2, 0.25) is 5.95 Å². The first kappa shape index (κ1) is 15.3. The largest absolute Gasteiger partial charge is 0.435 e. The maximum absolute atomic E-state index is 12.3. The lowest BCUT2D eigenvalue weighted by Crippen LogP contribution is -2.20. The van der Waals surface area contributed by atoms with E-state index < -0.39 is 6.61 Å². The molecule has 0 amide bonds. The molecule has 2 aromatic carbocycles. The lowest BCUT2D eigenvalue weighted by molar-refractivity contribution is -0.0498. The number of hydrogen-bond acceptors (Lipinski definition) is 5. The van der Waals surface area contributed by atoms with E-state index in [1.807, 2.05) is 36.4 Å². The quantitative estimate of drug-likeness (QED) is 0.788. The smallest absolute Gasteiger partial charge is 0.387 e. The predicted octanol–water partition coefficient (Wildman–Crippen LogP) is 3.33. The van der Waals surface area contributed by atoms with Gasteiger partial charge in [0.05, 0.1) is 0 Å². The molecule has 2 heterocycles. The minimum atomic E-state index is -2.85. The summed E-state index contributed by atoms with van der Waals surface area (Å²) in [5, 5.41) is 14.9. The van der Waals surface area contributed by atoms with Gasteiger partial charge in [0, 0.05) is 5.70 Å². The molecule has 1 N–H and O–H groups in total. The van der Waals surface area contributed by atoms with Crippen LogP contribution in [0.15, 0.2) is 60.7 Å². The molecular formula is C17H13F2N5O. The van der Waals surface area contributed by atoms with Crippen molar-refractivity contribution in [3.63, 3.8) is 0 Å². The summed E-state index contributed by atoms with van der Waals surface area (Å²) in [6, 6.07) is 16.0. The maximum Gasteiger partial charge on any atom is 0.387 e. The number of benzene rings is 2. The molecule has 0 spiro atoms. The van der Waals surface area contributed by atoms with Gasteiger partial charge in [-0.25, -0.2) is 0 Å². The zero-order valence-electron chi connectivity index (χ0n) is 12.9. The van der Waals surface area contributed by atoms with E-state index in [2.05, 4.69) is 25.6 Å². The first-order chi connectivity index (χ1) is 12.2. The van der Waals surface area contributed by atoms with Crippen molar-refractivity contribution in [2.75, 3.05) is 5.32 Å². The highest BCUT2D eigenvalue weighted by molar-refractivity contribution is 5.76. The van der Waals surface area contributed by atoms with E-state index in [0.717, 1.165) is 16.8 Å². The van der Waals surface area contributed by atoms with Gasteiger partial charge in [-0.05, 0) is 39.8 Å². The highest BCUT2D eigenvalue weighted by Gasteiger charge is 2.24. The number of nitrogens with one attached hydrogen (secondary N) is 1. The van der Waals surface area contributed by atoms with Gasteiger partial charge in [-0.2, -0.15) is 13.5 Å². The van der Waals surface area contributed by atoms with E-state index in [1.165, 1.54) is 12.1 Å². The van der Waals surface area contributed by atoms with Gasteiger partial charge in [-0.15, -0.1) is 0 Å². The predicted molar refractivity (Wildman–Crippen MR) is 87.1 cm³/mol. The van der Waals surface area contributed by atoms with Crippen LogP contribution < -0.4 is 10.1 Å². The molecule has 0 bridgehead atoms. The van der Waals surface area contributed by atoms with Crippen LogP contribution >= 0.6 is 0 Å². The number of anilines is 1. The number of halogens is 2. The third kappa shape index (κ3) is 3.06. The van der Waals surface area contributed by atoms with Crippen molar-refractivity contribution in [2.24, 2.45) is 0 Å². The van der Waals surface area contributed by atoms with Gasteiger partial charge in [0.25, 0.3) is 0 Å². The summed E-state index contributed by atoms with van der Waals surface area (Å²) >= 11 is 0. The summed E-state index contributed by atoms with van der Waals surface area (Å²) < 4.78 is 30.6. The van der Waals surface area contributed by atoms with Crippen LogP contribution in [0.3, 0.4) is 0 Å². The average Bonchev–Trinajstić information content (AvgIpc) is 3.10. The molecule has 25 heavy (non-hydrogen) atoms. The molecule has 3 aromatic rings. The van der Waals surface area contributed by atoms with E-state index >= 15 is 0 Å². The maximum atomic E-state index is 12.3. The van der Waals surface area contributed by atoms with Crippen molar-refractivity contribution < 1.29 is 13.5 Å². The molecule has 1 unspecified atom stereocenters. The summed E-state index contributed by atoms with van der Waals surface area (Å²) in [5.74, 6) is 0.621. The van der Waals surface area contributed by atoms with E-state index in [4.69, 9.17) is 0 Å². The zero-order valence-corrected chi connectivity index (χ0v) is 12.9. The van der Waals surface area contributed by atoms with E-state index in [-0.39, 0.29) is 11.8 Å². The fourth-order valence-electron chi connectivity index (χ4n) is 2.72. The summed E-state index contributed by atoms with van der Waals surface area (Å²) in [6.45, 7) is -2.85. The molecule has 1 aromatic heterocycles. The second kappa shape index (κ2) is 6.31. The van der Waals surface area contributed by atoms with Crippen LogP contribution in [-0.2, 0) is 0 Å². The Morgan fingerprint density at radius 3 is 2.52 bits per heavy atom. The second-order valence-electron chi connectivity index (χ2n) is 5.41. The standard InChI is InChI=1S/C17H13F2N5O/c18-16(19)25-13-8-6-12(7-9-13)15-10-14(11-4-2-1-3-5-11)20-17-21-22-23-24(15)17/h1-10,15-16H,(H,20,21,23). The molecule has 1 atom stereocenters. The number of nitrogens with zero attached hydrogens (tertiary/aromatic N) is 4. The Bertz CT molecular complexity index is 893. The molecule has 126 valence electrons. The molecular weight excluding hydrogens is 328 g/mol. The van der Waals surface area contributed by atoms with Crippen LogP contribution in [-0.4, -0.2) is 26.8 Å². The normalized spacial score (nSPS) is 16.1. The van der Waals surface area contributed by atoms with E-state index in [9.17, 15) is 8.78 Å². The van der Waals surface area contributed by atoms with Crippen LogP contribution in [0.2, 0.25) is 0 Å². The first-order valence-electron chi connectivity index (χ1n) is 7.57. The molecule has 0 saturated heterocycles. The lowest BCUT2D eigenvalue weighted by atomic mass is 10.0. The molecule has 0 fully saturated rings. The van der Waals surface area contributed by atoms with Gasteiger partial charge < -0.3 is 10.1 Å². The van der Waals surface area contributed by atoms with Crippen LogP contribution in [0.1, 0.15) is 17.2 Å². The second-order valence-corrected chi connectivity index (χ2v) is 5.41. The molecule has 1 aliphatic heterocycles. The third-order valence-corrected chi connectivity index (χ3v) is 3.86. The molecule has 8 heteroatoms. The Labute approximate surface area is 141 Å². The molecule has 6 nitrogen and oxygen atoms in total. The molecule has 0 radical (unpaired) electrons. The fourth-order valence-corrected chi connectivity index (χ4v) is 2.72. The minimum absolute atomic E-state index is 0.108. The monoisotopic (exact) mass is 341 g/mol. The van der Waals surface area contributed by atoms with Gasteiger partial charge >= 0.3 is 6.61 Å². The van der Waals surface area contributed by atoms with Crippen molar-refractivity contribution >= 4 is 11.6 Å². The molecule has 4 rings (SSSR count). The first-order valence-corrected chi connectivity index (χ1v) is 7.57. The minimum Gasteiger partial charge on any atom is -0.435 e. The van der Waals surface area contributed by atoms with Gasteiger partial charge in [-0.3, -0.25) is 0 Å². The van der Waals surface area contributed by atoms with E-state index in [0.29, 0.717) is 5.95 Å². The topological polar surface area (TPSA) is 64.9 Å². The van der Waals surface area contributed by atoms with Crippen molar-refractivity contribution in [3.8, 4) is 5.75 Å². The van der Waals surface area contributed by atoms with Crippen LogP contribution in [0.5, 0.6) is 5.75 Å². The molecule has 1 aliphatic rings. The number of tetrazole rings is 1. The SMILES string of the molecule is FC(F)Oc1ccc(C2C=C(c3ccccc3)Nc3nnnn32)cc1. The van der Waals surface area contributed by atoms with Crippen LogP contribution in [0, 0.1) is 0 Å². The van der Waals surface area contributed by atoms with Gasteiger partial charge in [0.1, 0.15) is 11.8 Å². The Morgan fingerprint density at radius 1 is 1.04 bits per heavy atom. The summed E-state index contributed by atoms with van der Waals surface area (Å²) in [7, 11) is 0. The summed E-state index contributed by atoms with van der Waals surface area (Å²) in [6.07, 6.45) is 1.99. The average molecular weight is 341 g/mol. The van der Waals surface area contributed by atoms with Gasteiger partial charge in [0.15, 0.2) is 0 Å². The lowest BCUT2D eigenvalue weighted by Gasteiger charge is -2.23. The summed E-state index contributed by atoms with van der Waals surface area (Å²) in [4.78, 5) is 0. The van der Waals surface area contributed by atoms with Crippen LogP contribution in [0.4, 0.5) is 14.7 Å². The Balaban J connectivity index is 1.71. The van der Waals surface area contributed by atoms with Gasteiger partial charge in [-0.1, -0.05) is 47.6 Å². The number of fused-ring (bicyclic) bond motifs is 1. The van der Waals surface area contributed by atoms with Crippen molar-refractivity contribution in [2.45, 2.75) is 12.7 Å². The van der Waals surface area contributed by atoms with Crippen molar-refractivity contribution in [3.05, 3.63) is 71.8 Å². The van der Waals surface area contributed by atoms with Crippen LogP contribution in [0.25, 0.3) is 5.70 Å². The molecule has 0 saturated carbocycles. The molecule has 0 aliphatic carbocycles. The Hall–Kier alpha value is -3.29. The van der Waals surface area contributed by atoms with Crippen molar-refractivity contribution in [1.29, 1.82) is 0 Å². The highest BCUT2D eigenvalue weighted by Crippen LogP contribution is 2.32. The zero-order chi connectivity index (χ0) is 17.2. The van der Waals surface area contributed by atoms with E-state index in [1.54, 1.807) is 16.8 Å². The number of aromatic nitrogens is 4. The van der Waals surface area contributed by atoms with Crippen molar-refractivity contribution in [1.82, 2.24) is 20.2 Å². The number of rotatable bonds is 4. The highest BCUT2D eigenvalue weighted by atomic mass is 19.3. The number of allylic oxidation sites excluding steroid dienone is 1. The summed E-state index contributed by atoms with van der Waals surface area (Å²) in [5.41, 5.74) is 2.73.